The maximum atomic E-state index is 6.36. The first-order valence-corrected chi connectivity index (χ1v) is 15.3. The van der Waals surface area contributed by atoms with E-state index < -0.39 is 0 Å². The molecule has 2 aromatic carbocycles. The Labute approximate surface area is 242 Å². The fraction of sp³-hybridized carbons (Fsp3) is 0.469. The highest BCUT2D eigenvalue weighted by Gasteiger charge is 2.24. The molecule has 1 saturated carbocycles. The van der Waals surface area contributed by atoms with Crippen LogP contribution >= 0.6 is 11.6 Å². The number of halogens is 1. The van der Waals surface area contributed by atoms with Crippen LogP contribution in [0.15, 0.2) is 67.0 Å². The number of nitrogens with one attached hydrogen (secondary N) is 1. The Morgan fingerprint density at radius 2 is 1.50 bits per heavy atom. The summed E-state index contributed by atoms with van der Waals surface area (Å²) in [5.41, 5.74) is 7.95. The molecule has 4 aromatic rings. The van der Waals surface area contributed by atoms with Crippen LogP contribution in [-0.4, -0.2) is 49.1 Å². The molecule has 40 heavy (non-hydrogen) atoms. The number of hydrazine groups is 1. The quantitative estimate of drug-likeness (QED) is 0.198. The van der Waals surface area contributed by atoms with Gasteiger partial charge in [-0.2, -0.15) is 9.97 Å². The fourth-order valence-electron chi connectivity index (χ4n) is 6.40. The lowest BCUT2D eigenvalue weighted by molar-refractivity contribution is 0.194. The van der Waals surface area contributed by atoms with Crippen molar-refractivity contribution < 1.29 is 0 Å². The summed E-state index contributed by atoms with van der Waals surface area (Å²) in [7, 11) is 0. The monoisotopic (exact) mass is 557 g/mol. The van der Waals surface area contributed by atoms with Crippen molar-refractivity contribution in [1.82, 2.24) is 29.4 Å². The van der Waals surface area contributed by atoms with Crippen LogP contribution in [0.5, 0.6) is 0 Å². The Kier molecular flexibility index (Phi) is 8.91. The average molecular weight is 558 g/mol. The summed E-state index contributed by atoms with van der Waals surface area (Å²) in [6.45, 7) is 5.09. The maximum Gasteiger partial charge on any atom is 0.226 e. The molecular weight excluding hydrogens is 518 g/mol. The Morgan fingerprint density at radius 1 is 0.850 bits per heavy atom. The molecule has 1 N–H and O–H groups in total. The van der Waals surface area contributed by atoms with Gasteiger partial charge in [0.1, 0.15) is 0 Å². The number of piperidine rings is 1. The molecule has 0 unspecified atom stereocenters. The maximum absolute atomic E-state index is 6.36. The molecule has 1 aliphatic heterocycles. The molecule has 8 heteroatoms. The third-order valence-electron chi connectivity index (χ3n) is 8.58. The van der Waals surface area contributed by atoms with E-state index in [9.17, 15) is 0 Å². The van der Waals surface area contributed by atoms with Crippen molar-refractivity contribution in [2.75, 3.05) is 25.1 Å². The molecule has 2 aliphatic rings. The molecule has 2 aromatic heterocycles. The van der Waals surface area contributed by atoms with Gasteiger partial charge in [-0.3, -0.25) is 4.90 Å². The van der Waals surface area contributed by atoms with E-state index in [0.29, 0.717) is 6.04 Å². The molecule has 1 saturated heterocycles. The van der Waals surface area contributed by atoms with Crippen molar-refractivity contribution in [2.45, 2.75) is 70.5 Å². The minimum atomic E-state index is 0.278. The number of imidazole rings is 1. The van der Waals surface area contributed by atoms with Crippen molar-refractivity contribution in [3.8, 4) is 0 Å². The van der Waals surface area contributed by atoms with E-state index in [-0.39, 0.29) is 5.28 Å². The second-order valence-corrected chi connectivity index (χ2v) is 11.8. The normalized spacial score (nSPS) is 17.2. The predicted octanol–water partition coefficient (Wildman–Crippen LogP) is 7.12. The van der Waals surface area contributed by atoms with Crippen molar-refractivity contribution >= 4 is 28.6 Å². The lowest BCUT2D eigenvalue weighted by Gasteiger charge is -2.33. The van der Waals surface area contributed by atoms with Gasteiger partial charge >= 0.3 is 0 Å². The Hall–Kier alpha value is -3.00. The van der Waals surface area contributed by atoms with Crippen LogP contribution in [0.2, 0.25) is 5.28 Å². The molecule has 0 radical (unpaired) electrons. The first kappa shape index (κ1) is 27.2. The first-order chi connectivity index (χ1) is 19.7. The molecule has 0 bridgehead atoms. The highest BCUT2D eigenvalue weighted by Crippen LogP contribution is 2.33. The third kappa shape index (κ3) is 6.82. The van der Waals surface area contributed by atoms with Gasteiger partial charge in [-0.25, -0.2) is 9.99 Å². The number of rotatable bonds is 11. The first-order valence-electron chi connectivity index (χ1n) is 14.9. The molecule has 0 atom stereocenters. The molecule has 0 amide bonds. The molecule has 1 aliphatic carbocycles. The number of benzene rings is 2. The van der Waals surface area contributed by atoms with Gasteiger partial charge in [0, 0.05) is 32.2 Å². The highest BCUT2D eigenvalue weighted by atomic mass is 35.5. The number of hydrogen-bond acceptors (Lipinski definition) is 6. The van der Waals surface area contributed by atoms with Crippen LogP contribution in [0, 0.1) is 5.92 Å². The molecule has 0 spiro atoms. The molecular formula is C32H40ClN7. The van der Waals surface area contributed by atoms with Crippen LogP contribution in [0.1, 0.15) is 68.5 Å². The number of aromatic nitrogens is 4. The zero-order valence-corrected chi connectivity index (χ0v) is 24.0. The number of fused-ring (bicyclic) bond motifs is 1. The van der Waals surface area contributed by atoms with Gasteiger partial charge in [-0.15, -0.1) is 0 Å². The van der Waals surface area contributed by atoms with E-state index in [1.165, 1.54) is 62.5 Å². The van der Waals surface area contributed by atoms with Crippen LogP contribution in [0.3, 0.4) is 0 Å². The topological polar surface area (TPSA) is 62.1 Å². The van der Waals surface area contributed by atoms with Crippen molar-refractivity contribution in [3.05, 3.63) is 83.4 Å². The van der Waals surface area contributed by atoms with Crippen LogP contribution in [-0.2, 0) is 13.1 Å². The number of nitrogens with zero attached hydrogens (tertiary/aromatic N) is 6. The van der Waals surface area contributed by atoms with Gasteiger partial charge in [0.2, 0.25) is 5.28 Å². The van der Waals surface area contributed by atoms with Gasteiger partial charge < -0.3 is 9.99 Å². The van der Waals surface area contributed by atoms with Crippen molar-refractivity contribution in [2.24, 2.45) is 5.92 Å². The van der Waals surface area contributed by atoms with E-state index in [0.717, 1.165) is 55.6 Å². The average Bonchev–Trinajstić information content (AvgIpc) is 3.65. The van der Waals surface area contributed by atoms with Crippen molar-refractivity contribution in [1.29, 1.82) is 0 Å². The Morgan fingerprint density at radius 3 is 2.15 bits per heavy atom. The lowest BCUT2D eigenvalue weighted by atomic mass is 9.92. The molecule has 7 nitrogen and oxygen atoms in total. The van der Waals surface area contributed by atoms with E-state index in [1.807, 2.05) is 6.33 Å². The van der Waals surface area contributed by atoms with Crippen LogP contribution in [0.25, 0.3) is 11.2 Å². The standard InChI is InChI=1S/C32H40ClN7/c33-32-35-30(29-31(36-32)40(24-34-29)28-15-7-8-16-28)37-39-20-17-25(18-21-39)14-9-19-38(22-26-10-3-1-4-11-26)23-27-12-5-2-6-13-27/h1-6,10-13,24-25,28H,7-9,14-23H2,(H,35,36,37). The number of anilines is 1. The zero-order valence-electron chi connectivity index (χ0n) is 23.3. The van der Waals surface area contributed by atoms with Gasteiger partial charge in [-0.1, -0.05) is 73.5 Å². The molecule has 2 fully saturated rings. The van der Waals surface area contributed by atoms with Gasteiger partial charge in [0.05, 0.1) is 6.33 Å². The largest absolute Gasteiger partial charge is 0.312 e. The summed E-state index contributed by atoms with van der Waals surface area (Å²) in [5, 5.41) is 2.56. The Bertz CT molecular complexity index is 1300. The fourth-order valence-corrected chi connectivity index (χ4v) is 6.57. The van der Waals surface area contributed by atoms with Crippen LogP contribution < -0.4 is 5.43 Å². The summed E-state index contributed by atoms with van der Waals surface area (Å²) >= 11 is 6.36. The smallest absolute Gasteiger partial charge is 0.226 e. The Balaban J connectivity index is 1.01. The summed E-state index contributed by atoms with van der Waals surface area (Å²) in [6, 6.07) is 22.1. The summed E-state index contributed by atoms with van der Waals surface area (Å²) in [6.07, 6.45) is 11.7. The van der Waals surface area contributed by atoms with E-state index in [2.05, 4.69) is 95.5 Å². The third-order valence-corrected chi connectivity index (χ3v) is 8.74. The SMILES string of the molecule is Clc1nc(NN2CCC(CCCN(Cc3ccccc3)Cc3ccccc3)CC2)c2ncn(C3CCCC3)c2n1. The molecule has 210 valence electrons. The van der Waals surface area contributed by atoms with Crippen molar-refractivity contribution in [3.63, 3.8) is 0 Å². The van der Waals surface area contributed by atoms with Crippen LogP contribution in [0.4, 0.5) is 5.82 Å². The number of hydrogen-bond donors (Lipinski definition) is 1. The predicted molar refractivity (Wildman–Crippen MR) is 162 cm³/mol. The minimum Gasteiger partial charge on any atom is -0.312 e. The zero-order chi connectivity index (χ0) is 27.1. The summed E-state index contributed by atoms with van der Waals surface area (Å²) in [5.74, 6) is 1.48. The second-order valence-electron chi connectivity index (χ2n) is 11.5. The van der Waals surface area contributed by atoms with E-state index in [1.54, 1.807) is 0 Å². The van der Waals surface area contributed by atoms with E-state index >= 15 is 0 Å². The highest BCUT2D eigenvalue weighted by molar-refractivity contribution is 6.28. The van der Waals surface area contributed by atoms with E-state index in [4.69, 9.17) is 11.6 Å². The lowest BCUT2D eigenvalue weighted by Crippen LogP contribution is -2.38. The molecule has 3 heterocycles. The molecule has 6 rings (SSSR count). The second kappa shape index (κ2) is 13.1. The van der Waals surface area contributed by atoms with Gasteiger partial charge in [0.25, 0.3) is 0 Å². The minimum absolute atomic E-state index is 0.278. The summed E-state index contributed by atoms with van der Waals surface area (Å²) in [4.78, 5) is 16.3. The van der Waals surface area contributed by atoms with Gasteiger partial charge in [-0.05, 0) is 73.7 Å². The van der Waals surface area contributed by atoms with Gasteiger partial charge in [0.15, 0.2) is 17.0 Å². The summed E-state index contributed by atoms with van der Waals surface area (Å²) < 4.78 is 2.20.